The third-order valence-electron chi connectivity index (χ3n) is 4.61. The van der Waals surface area contributed by atoms with Crippen LogP contribution in [0.2, 0.25) is 5.02 Å². The summed E-state index contributed by atoms with van der Waals surface area (Å²) in [6.45, 7) is 0.490. The van der Waals surface area contributed by atoms with Crippen molar-refractivity contribution in [1.29, 1.82) is 0 Å². The van der Waals surface area contributed by atoms with Crippen LogP contribution in [0.15, 0.2) is 42.5 Å². The third kappa shape index (κ3) is 4.39. The Morgan fingerprint density at radius 2 is 2.08 bits per heavy atom. The fourth-order valence-electron chi connectivity index (χ4n) is 3.40. The maximum Gasteiger partial charge on any atom is 0.234 e. The molecule has 1 amide bonds. The number of carbonyl (C=O) groups excluding carboxylic acids is 1. The third-order valence-corrected chi connectivity index (χ3v) is 4.96. The Bertz CT molecular complexity index is 745. The maximum absolute atomic E-state index is 13.9. The molecule has 0 aromatic heterocycles. The quantitative estimate of drug-likeness (QED) is 0.870. The van der Waals surface area contributed by atoms with Gasteiger partial charge in [0, 0.05) is 17.1 Å². The van der Waals surface area contributed by atoms with Crippen molar-refractivity contribution in [2.24, 2.45) is 0 Å². The molecule has 0 aliphatic heterocycles. The van der Waals surface area contributed by atoms with Gasteiger partial charge in [0.15, 0.2) is 0 Å². The van der Waals surface area contributed by atoms with Gasteiger partial charge in [-0.1, -0.05) is 41.9 Å². The standard InChI is InChI=1S/C20H22ClFN2O/c1-24(12-16-17(21)9-5-10-18(16)22)13-20(25)23-19-11-4-7-14-6-2-3-8-15(14)19/h2-3,5-6,8-10,19H,4,7,11-13H2,1H3,(H,23,25). The summed E-state index contributed by atoms with van der Waals surface area (Å²) in [5.41, 5.74) is 2.94. The van der Waals surface area contributed by atoms with Crippen molar-refractivity contribution in [2.45, 2.75) is 31.8 Å². The second-order valence-electron chi connectivity index (χ2n) is 6.58. The van der Waals surface area contributed by atoms with Gasteiger partial charge in [0.2, 0.25) is 5.91 Å². The maximum atomic E-state index is 13.9. The number of benzene rings is 2. The van der Waals surface area contributed by atoms with Gasteiger partial charge in [-0.25, -0.2) is 4.39 Å². The van der Waals surface area contributed by atoms with Crippen LogP contribution in [0.5, 0.6) is 0 Å². The van der Waals surface area contributed by atoms with E-state index < -0.39 is 0 Å². The molecule has 3 rings (SSSR count). The Morgan fingerprint density at radius 1 is 1.28 bits per heavy atom. The van der Waals surface area contributed by atoms with Crippen molar-refractivity contribution in [3.63, 3.8) is 0 Å². The van der Waals surface area contributed by atoms with Gasteiger partial charge in [0.05, 0.1) is 12.6 Å². The number of fused-ring (bicyclic) bond motifs is 1. The van der Waals surface area contributed by atoms with Crippen LogP contribution in [0.25, 0.3) is 0 Å². The Kier molecular flexibility index (Phi) is 5.71. The summed E-state index contributed by atoms with van der Waals surface area (Å²) in [5.74, 6) is -0.405. The number of aryl methyl sites for hydroxylation is 1. The molecular formula is C20H22ClFN2O. The van der Waals surface area contributed by atoms with Crippen LogP contribution in [0.1, 0.15) is 35.6 Å². The van der Waals surface area contributed by atoms with Crippen LogP contribution >= 0.6 is 11.6 Å². The summed E-state index contributed by atoms with van der Waals surface area (Å²) in [6, 6.07) is 12.9. The van der Waals surface area contributed by atoms with Crippen LogP contribution in [0.4, 0.5) is 4.39 Å². The molecular weight excluding hydrogens is 339 g/mol. The SMILES string of the molecule is CN(CC(=O)NC1CCCc2ccccc21)Cc1c(F)cccc1Cl. The summed E-state index contributed by atoms with van der Waals surface area (Å²) in [4.78, 5) is 14.2. The highest BCUT2D eigenvalue weighted by Crippen LogP contribution is 2.29. The minimum Gasteiger partial charge on any atom is -0.348 e. The van der Waals surface area contributed by atoms with Gasteiger partial charge in [-0.2, -0.15) is 0 Å². The highest BCUT2D eigenvalue weighted by Gasteiger charge is 2.22. The van der Waals surface area contributed by atoms with Gasteiger partial charge in [0.25, 0.3) is 0 Å². The van der Waals surface area contributed by atoms with Crippen LogP contribution in [-0.4, -0.2) is 24.4 Å². The number of carbonyl (C=O) groups is 1. The van der Waals surface area contributed by atoms with Crippen molar-refractivity contribution in [3.8, 4) is 0 Å². The van der Waals surface area contributed by atoms with E-state index in [0.29, 0.717) is 17.1 Å². The van der Waals surface area contributed by atoms with Crippen molar-refractivity contribution in [1.82, 2.24) is 10.2 Å². The van der Waals surface area contributed by atoms with Crippen LogP contribution in [-0.2, 0) is 17.8 Å². The minimum absolute atomic E-state index is 0.0582. The first-order valence-electron chi connectivity index (χ1n) is 8.53. The number of halogens is 2. The first-order valence-corrected chi connectivity index (χ1v) is 8.91. The zero-order chi connectivity index (χ0) is 17.8. The first-order chi connectivity index (χ1) is 12.0. The number of likely N-dealkylation sites (N-methyl/N-ethyl adjacent to an activating group) is 1. The average molecular weight is 361 g/mol. The molecule has 1 N–H and O–H groups in total. The van der Waals surface area contributed by atoms with E-state index in [-0.39, 0.29) is 24.3 Å². The smallest absolute Gasteiger partial charge is 0.234 e. The van der Waals surface area contributed by atoms with E-state index in [1.807, 2.05) is 12.1 Å². The summed E-state index contributed by atoms with van der Waals surface area (Å²) >= 11 is 6.05. The second-order valence-corrected chi connectivity index (χ2v) is 6.99. The fraction of sp³-hybridized carbons (Fsp3) is 0.350. The van der Waals surface area contributed by atoms with Gasteiger partial charge >= 0.3 is 0 Å². The average Bonchev–Trinajstić information content (AvgIpc) is 2.58. The van der Waals surface area contributed by atoms with E-state index in [0.717, 1.165) is 19.3 Å². The van der Waals surface area contributed by atoms with Gasteiger partial charge < -0.3 is 5.32 Å². The molecule has 5 heteroatoms. The zero-order valence-corrected chi connectivity index (χ0v) is 15.0. The molecule has 0 saturated heterocycles. The van der Waals surface area contributed by atoms with Crippen molar-refractivity contribution in [3.05, 3.63) is 70.0 Å². The fourth-order valence-corrected chi connectivity index (χ4v) is 3.62. The number of hydrogen-bond donors (Lipinski definition) is 1. The number of amides is 1. The molecule has 3 nitrogen and oxygen atoms in total. The monoisotopic (exact) mass is 360 g/mol. The van der Waals surface area contributed by atoms with E-state index in [9.17, 15) is 9.18 Å². The summed E-state index contributed by atoms with van der Waals surface area (Å²) in [6.07, 6.45) is 3.09. The summed E-state index contributed by atoms with van der Waals surface area (Å²) in [5, 5.41) is 3.50. The molecule has 0 spiro atoms. The Morgan fingerprint density at radius 3 is 2.88 bits per heavy atom. The molecule has 1 atom stereocenters. The van der Waals surface area contributed by atoms with Crippen molar-refractivity contribution in [2.75, 3.05) is 13.6 Å². The van der Waals surface area contributed by atoms with Gasteiger partial charge in [-0.3, -0.25) is 9.69 Å². The van der Waals surface area contributed by atoms with Crippen molar-refractivity contribution < 1.29 is 9.18 Å². The van der Waals surface area contributed by atoms with E-state index in [1.54, 1.807) is 24.1 Å². The molecule has 1 unspecified atom stereocenters. The molecule has 0 radical (unpaired) electrons. The molecule has 25 heavy (non-hydrogen) atoms. The van der Waals surface area contributed by atoms with E-state index in [1.165, 1.54) is 17.2 Å². The Balaban J connectivity index is 1.60. The molecule has 132 valence electrons. The van der Waals surface area contributed by atoms with E-state index >= 15 is 0 Å². The molecule has 1 aliphatic rings. The molecule has 0 fully saturated rings. The predicted octanol–water partition coefficient (Wildman–Crippen LogP) is 4.10. The topological polar surface area (TPSA) is 32.3 Å². The number of nitrogens with one attached hydrogen (secondary N) is 1. The number of hydrogen-bond acceptors (Lipinski definition) is 2. The lowest BCUT2D eigenvalue weighted by Gasteiger charge is -2.27. The molecule has 0 saturated carbocycles. The van der Waals surface area contributed by atoms with E-state index in [2.05, 4.69) is 17.4 Å². The molecule has 1 aliphatic carbocycles. The predicted molar refractivity (Wildman–Crippen MR) is 98.0 cm³/mol. The van der Waals surface area contributed by atoms with Crippen LogP contribution < -0.4 is 5.32 Å². The van der Waals surface area contributed by atoms with Gasteiger partial charge in [-0.15, -0.1) is 0 Å². The largest absolute Gasteiger partial charge is 0.348 e. The zero-order valence-electron chi connectivity index (χ0n) is 14.3. The molecule has 2 aromatic carbocycles. The van der Waals surface area contributed by atoms with E-state index in [4.69, 9.17) is 11.6 Å². The van der Waals surface area contributed by atoms with Gasteiger partial charge in [-0.05, 0) is 49.6 Å². The van der Waals surface area contributed by atoms with Crippen LogP contribution in [0, 0.1) is 5.82 Å². The summed E-state index contributed by atoms with van der Waals surface area (Å²) in [7, 11) is 1.79. The molecule has 2 aromatic rings. The first kappa shape index (κ1) is 17.9. The number of rotatable bonds is 5. The molecule has 0 bridgehead atoms. The highest BCUT2D eigenvalue weighted by molar-refractivity contribution is 6.31. The van der Waals surface area contributed by atoms with Gasteiger partial charge in [0.1, 0.15) is 5.82 Å². The highest BCUT2D eigenvalue weighted by atomic mass is 35.5. The Hall–Kier alpha value is -1.91. The van der Waals surface area contributed by atoms with Crippen LogP contribution in [0.3, 0.4) is 0 Å². The normalized spacial score (nSPS) is 16.6. The lowest BCUT2D eigenvalue weighted by atomic mass is 9.88. The Labute approximate surface area is 152 Å². The minimum atomic E-state index is -0.346. The van der Waals surface area contributed by atoms with Crippen molar-refractivity contribution >= 4 is 17.5 Å². The lowest BCUT2D eigenvalue weighted by molar-refractivity contribution is -0.122. The molecule has 0 heterocycles. The lowest BCUT2D eigenvalue weighted by Crippen LogP contribution is -2.38. The number of nitrogens with zero attached hydrogens (tertiary/aromatic N) is 1. The summed E-state index contributed by atoms with van der Waals surface area (Å²) < 4.78 is 13.9. The second kappa shape index (κ2) is 7.98.